The molecule has 17 heavy (non-hydrogen) atoms. The number of aliphatic hydroxyl groups excluding tert-OH is 1. The van der Waals surface area contributed by atoms with Crippen LogP contribution in [0.15, 0.2) is 12.3 Å². The molecule has 1 aliphatic carbocycles. The minimum atomic E-state index is -0.460. The Hall–Kier alpha value is -1.80. The summed E-state index contributed by atoms with van der Waals surface area (Å²) in [5.41, 5.74) is 0.790. The van der Waals surface area contributed by atoms with Crippen LogP contribution in [0.25, 0.3) is 0 Å². The number of aliphatic hydroxyl groups is 1. The largest absolute Gasteiger partial charge is 0.391 e. The van der Waals surface area contributed by atoms with E-state index >= 15 is 0 Å². The fourth-order valence-corrected chi connectivity index (χ4v) is 2.12. The smallest absolute Gasteiger partial charge is 0.268 e. The van der Waals surface area contributed by atoms with E-state index in [0.717, 1.165) is 25.7 Å². The maximum Gasteiger partial charge on any atom is 0.268 e. The minimum absolute atomic E-state index is 0.176. The lowest BCUT2D eigenvalue weighted by Gasteiger charge is -2.28. The van der Waals surface area contributed by atoms with Crippen molar-refractivity contribution >= 4 is 5.91 Å². The molecule has 1 saturated carbocycles. The second-order valence-electron chi connectivity index (χ2n) is 4.35. The number of nitrogens with zero attached hydrogens (tertiary/aromatic N) is 1. The normalized spacial score (nSPS) is 24.0. The van der Waals surface area contributed by atoms with Crippen LogP contribution in [-0.2, 0) is 0 Å². The minimum Gasteiger partial charge on any atom is -0.391 e. The second kappa shape index (κ2) is 5.02. The molecular weight excluding hydrogens is 218 g/mol. The number of nitriles is 1. The molecule has 2 unspecified atom stereocenters. The molecule has 1 aromatic heterocycles. The van der Waals surface area contributed by atoms with Gasteiger partial charge in [-0.2, -0.15) is 5.26 Å². The molecule has 2 atom stereocenters. The van der Waals surface area contributed by atoms with Crippen molar-refractivity contribution in [1.29, 1.82) is 5.26 Å². The van der Waals surface area contributed by atoms with Crippen LogP contribution < -0.4 is 5.32 Å². The van der Waals surface area contributed by atoms with Gasteiger partial charge >= 0.3 is 0 Å². The summed E-state index contributed by atoms with van der Waals surface area (Å²) in [6.07, 6.45) is 4.60. The van der Waals surface area contributed by atoms with Crippen molar-refractivity contribution in [2.75, 3.05) is 0 Å². The van der Waals surface area contributed by atoms with Gasteiger partial charge in [-0.15, -0.1) is 0 Å². The molecule has 90 valence electrons. The highest BCUT2D eigenvalue weighted by Crippen LogP contribution is 2.18. The number of hydrogen-bond donors (Lipinski definition) is 3. The lowest BCUT2D eigenvalue weighted by Crippen LogP contribution is -2.45. The standard InChI is InChI=1S/C12H15N3O2/c13-6-8-5-10(14-7-8)12(17)15-9-3-1-2-4-11(9)16/h5,7,9,11,14,16H,1-4H2,(H,15,17). The van der Waals surface area contributed by atoms with Gasteiger partial charge in [0.15, 0.2) is 0 Å². The second-order valence-corrected chi connectivity index (χ2v) is 4.35. The Morgan fingerprint density at radius 2 is 2.29 bits per heavy atom. The summed E-state index contributed by atoms with van der Waals surface area (Å²) in [4.78, 5) is 14.6. The lowest BCUT2D eigenvalue weighted by molar-refractivity contribution is 0.0714. The van der Waals surface area contributed by atoms with Crippen LogP contribution in [-0.4, -0.2) is 28.1 Å². The van der Waals surface area contributed by atoms with E-state index in [9.17, 15) is 9.90 Å². The SMILES string of the molecule is N#Cc1c[nH]c(C(=O)NC2CCCCC2O)c1. The lowest BCUT2D eigenvalue weighted by atomic mass is 9.92. The Morgan fingerprint density at radius 1 is 1.53 bits per heavy atom. The third-order valence-electron chi connectivity index (χ3n) is 3.10. The Balaban J connectivity index is 1.99. The van der Waals surface area contributed by atoms with Crippen molar-refractivity contribution in [3.63, 3.8) is 0 Å². The number of aromatic amines is 1. The number of rotatable bonds is 2. The molecule has 1 heterocycles. The fraction of sp³-hybridized carbons (Fsp3) is 0.500. The molecule has 5 nitrogen and oxygen atoms in total. The van der Waals surface area contributed by atoms with E-state index < -0.39 is 6.10 Å². The maximum atomic E-state index is 11.8. The quantitative estimate of drug-likeness (QED) is 0.709. The third kappa shape index (κ3) is 2.66. The number of carbonyl (C=O) groups excluding carboxylic acids is 1. The number of H-pyrrole nitrogens is 1. The Kier molecular flexibility index (Phi) is 3.45. The van der Waals surface area contributed by atoms with Crippen LogP contribution in [0.5, 0.6) is 0 Å². The first kappa shape index (κ1) is 11.7. The molecule has 2 rings (SSSR count). The van der Waals surface area contributed by atoms with E-state index in [0.29, 0.717) is 11.3 Å². The molecule has 0 aromatic carbocycles. The van der Waals surface area contributed by atoms with Gasteiger partial charge < -0.3 is 15.4 Å². The van der Waals surface area contributed by atoms with E-state index in [1.807, 2.05) is 6.07 Å². The average Bonchev–Trinajstić information content (AvgIpc) is 2.81. The molecule has 1 aliphatic rings. The van der Waals surface area contributed by atoms with Crippen LogP contribution in [0.3, 0.4) is 0 Å². The summed E-state index contributed by atoms with van der Waals surface area (Å²) in [5.74, 6) is -0.266. The summed E-state index contributed by atoms with van der Waals surface area (Å²) in [6, 6.07) is 3.28. The number of hydrogen-bond acceptors (Lipinski definition) is 3. The summed E-state index contributed by atoms with van der Waals surface area (Å²) in [5, 5.41) is 21.2. The van der Waals surface area contributed by atoms with Gasteiger partial charge in [-0.3, -0.25) is 4.79 Å². The summed E-state index contributed by atoms with van der Waals surface area (Å²) in [6.45, 7) is 0. The summed E-state index contributed by atoms with van der Waals surface area (Å²) >= 11 is 0. The van der Waals surface area contributed by atoms with Crippen LogP contribution in [0.2, 0.25) is 0 Å². The molecule has 1 aromatic rings. The highest BCUT2D eigenvalue weighted by Gasteiger charge is 2.25. The zero-order valence-electron chi connectivity index (χ0n) is 9.44. The Bertz CT molecular complexity index is 447. The number of nitrogens with one attached hydrogen (secondary N) is 2. The molecule has 5 heteroatoms. The van der Waals surface area contributed by atoms with Crippen molar-refractivity contribution in [3.8, 4) is 6.07 Å². The van der Waals surface area contributed by atoms with Gasteiger partial charge in [0.25, 0.3) is 5.91 Å². The molecule has 0 saturated heterocycles. The van der Waals surface area contributed by atoms with Gasteiger partial charge in [0, 0.05) is 6.20 Å². The molecule has 0 bridgehead atoms. The van der Waals surface area contributed by atoms with E-state index in [1.54, 1.807) is 0 Å². The molecule has 1 amide bonds. The maximum absolute atomic E-state index is 11.8. The number of carbonyl (C=O) groups is 1. The van der Waals surface area contributed by atoms with Crippen molar-refractivity contribution < 1.29 is 9.90 Å². The Labute approximate surface area is 99.5 Å². The van der Waals surface area contributed by atoms with Crippen molar-refractivity contribution in [3.05, 3.63) is 23.5 Å². The van der Waals surface area contributed by atoms with Crippen LogP contribution in [0.4, 0.5) is 0 Å². The molecule has 0 aliphatic heterocycles. The number of amides is 1. The van der Waals surface area contributed by atoms with Gasteiger partial charge in [0.05, 0.1) is 17.7 Å². The average molecular weight is 233 g/mol. The zero-order chi connectivity index (χ0) is 12.3. The fourth-order valence-electron chi connectivity index (χ4n) is 2.12. The van der Waals surface area contributed by atoms with Gasteiger partial charge in [-0.25, -0.2) is 0 Å². The predicted molar refractivity (Wildman–Crippen MR) is 61.2 cm³/mol. The Morgan fingerprint density at radius 3 is 2.94 bits per heavy atom. The third-order valence-corrected chi connectivity index (χ3v) is 3.10. The summed E-state index contributed by atoms with van der Waals surface area (Å²) in [7, 11) is 0. The van der Waals surface area contributed by atoms with E-state index in [2.05, 4.69) is 10.3 Å². The molecular formula is C12H15N3O2. The molecule has 0 spiro atoms. The first-order valence-corrected chi connectivity index (χ1v) is 5.78. The van der Waals surface area contributed by atoms with Crippen LogP contribution >= 0.6 is 0 Å². The van der Waals surface area contributed by atoms with E-state index in [4.69, 9.17) is 5.26 Å². The van der Waals surface area contributed by atoms with Gasteiger partial charge in [-0.05, 0) is 18.9 Å². The molecule has 0 radical (unpaired) electrons. The first-order valence-electron chi connectivity index (χ1n) is 5.78. The van der Waals surface area contributed by atoms with E-state index in [-0.39, 0.29) is 11.9 Å². The molecule has 3 N–H and O–H groups in total. The zero-order valence-corrected chi connectivity index (χ0v) is 9.44. The topological polar surface area (TPSA) is 88.9 Å². The predicted octanol–water partition coefficient (Wildman–Crippen LogP) is 0.920. The van der Waals surface area contributed by atoms with Crippen LogP contribution in [0, 0.1) is 11.3 Å². The monoisotopic (exact) mass is 233 g/mol. The highest BCUT2D eigenvalue weighted by molar-refractivity contribution is 5.93. The van der Waals surface area contributed by atoms with Gasteiger partial charge in [0.2, 0.25) is 0 Å². The van der Waals surface area contributed by atoms with Crippen molar-refractivity contribution in [2.45, 2.75) is 37.8 Å². The summed E-state index contributed by atoms with van der Waals surface area (Å²) < 4.78 is 0. The first-order chi connectivity index (χ1) is 8.20. The highest BCUT2D eigenvalue weighted by atomic mass is 16.3. The van der Waals surface area contributed by atoms with Crippen molar-refractivity contribution in [1.82, 2.24) is 10.3 Å². The molecule has 1 fully saturated rings. The van der Waals surface area contributed by atoms with Gasteiger partial charge in [0.1, 0.15) is 11.8 Å². The van der Waals surface area contributed by atoms with Crippen molar-refractivity contribution in [2.24, 2.45) is 0 Å². The van der Waals surface area contributed by atoms with Crippen LogP contribution in [0.1, 0.15) is 41.7 Å². The van der Waals surface area contributed by atoms with E-state index in [1.165, 1.54) is 12.3 Å². The van der Waals surface area contributed by atoms with Gasteiger partial charge in [-0.1, -0.05) is 12.8 Å². The number of aromatic nitrogens is 1.